The Morgan fingerprint density at radius 3 is 2.74 bits per heavy atom. The number of halogens is 1. The van der Waals surface area contributed by atoms with Crippen LogP contribution in [0.2, 0.25) is 0 Å². The number of carbonyl (C=O) groups is 1. The summed E-state index contributed by atoms with van der Waals surface area (Å²) in [6.45, 7) is 1.93. The van der Waals surface area contributed by atoms with Gasteiger partial charge in [-0.15, -0.1) is 0 Å². The maximum Gasteiger partial charge on any atom is 0.224 e. The number of carbonyl (C=O) groups excluding carboxylic acids is 1. The van der Waals surface area contributed by atoms with Gasteiger partial charge in [0.1, 0.15) is 22.9 Å². The number of pyridine rings is 2. The summed E-state index contributed by atoms with van der Waals surface area (Å²) in [6, 6.07) is 16.5. The number of ether oxygens (including phenoxy) is 1. The van der Waals surface area contributed by atoms with Gasteiger partial charge in [0.05, 0.1) is 30.2 Å². The molecule has 6 aromatic rings. The number of nitrogens with one attached hydrogen (secondary N) is 4. The van der Waals surface area contributed by atoms with E-state index in [1.54, 1.807) is 24.7 Å². The normalized spacial score (nSPS) is 13.9. The van der Waals surface area contributed by atoms with Crippen molar-refractivity contribution >= 4 is 33.5 Å². The summed E-state index contributed by atoms with van der Waals surface area (Å²) < 4.78 is 19.6. The van der Waals surface area contributed by atoms with E-state index < -0.39 is 0 Å². The Balaban J connectivity index is 1.20. The molecule has 1 saturated heterocycles. The summed E-state index contributed by atoms with van der Waals surface area (Å²) in [5.74, 6) is 0.496. The van der Waals surface area contributed by atoms with Crippen LogP contribution in [0.4, 0.5) is 10.1 Å². The van der Waals surface area contributed by atoms with Crippen LogP contribution in [0, 0.1) is 11.7 Å². The Kier molecular flexibility index (Phi) is 7.04. The summed E-state index contributed by atoms with van der Waals surface area (Å²) in [5.41, 5.74) is 7.08. The van der Waals surface area contributed by atoms with Gasteiger partial charge in [0.2, 0.25) is 5.91 Å². The summed E-state index contributed by atoms with van der Waals surface area (Å²) in [5, 5.41) is 15.9. The standard InChI is InChI=1S/C33H30FN7O2/c1-43-25-13-21(11-23(34)15-25)26-6-9-37-33-27(26)16-30(39-33)32-28-14-20(2-3-29(28)40-41-32)22-12-24(18-36-17-22)38-31(42)10-19-4-7-35-8-5-19/h2-3,6,9,11-19,35H,4-5,7-8,10H2,1H3,(H,37,39)(H,38,42)(H,40,41). The molecule has 10 heteroatoms. The lowest BCUT2D eigenvalue weighted by molar-refractivity contribution is -0.117. The highest BCUT2D eigenvalue weighted by Crippen LogP contribution is 2.36. The van der Waals surface area contributed by atoms with Crippen LogP contribution < -0.4 is 15.4 Å². The molecule has 1 amide bonds. The second-order valence-corrected chi connectivity index (χ2v) is 10.9. The lowest BCUT2D eigenvalue weighted by Gasteiger charge is -2.21. The summed E-state index contributed by atoms with van der Waals surface area (Å²) in [6.07, 6.45) is 7.72. The molecule has 0 spiro atoms. The molecule has 2 aromatic carbocycles. The van der Waals surface area contributed by atoms with Crippen molar-refractivity contribution in [1.29, 1.82) is 0 Å². The van der Waals surface area contributed by atoms with Crippen LogP contribution in [0.5, 0.6) is 5.75 Å². The smallest absolute Gasteiger partial charge is 0.224 e. The van der Waals surface area contributed by atoms with E-state index in [0.29, 0.717) is 35.0 Å². The monoisotopic (exact) mass is 575 g/mol. The van der Waals surface area contributed by atoms with Crippen molar-refractivity contribution in [1.82, 2.24) is 30.5 Å². The number of aromatic amines is 2. The first-order chi connectivity index (χ1) is 21.0. The zero-order valence-electron chi connectivity index (χ0n) is 23.6. The van der Waals surface area contributed by atoms with E-state index in [1.807, 2.05) is 30.3 Å². The average Bonchev–Trinajstić information content (AvgIpc) is 3.65. The van der Waals surface area contributed by atoms with Crippen LogP contribution in [-0.4, -0.2) is 51.3 Å². The number of hydrogen-bond donors (Lipinski definition) is 4. The van der Waals surface area contributed by atoms with Gasteiger partial charge in [0.25, 0.3) is 0 Å². The molecule has 1 aliphatic heterocycles. The van der Waals surface area contributed by atoms with Crippen LogP contribution >= 0.6 is 0 Å². The molecular weight excluding hydrogens is 545 g/mol. The number of hydrogen-bond acceptors (Lipinski definition) is 6. The number of H-pyrrole nitrogens is 2. The Labute approximate surface area is 246 Å². The molecule has 1 aliphatic rings. The fourth-order valence-corrected chi connectivity index (χ4v) is 5.87. The van der Waals surface area contributed by atoms with Gasteiger partial charge in [-0.2, -0.15) is 5.10 Å². The van der Waals surface area contributed by atoms with Crippen LogP contribution in [-0.2, 0) is 4.79 Å². The van der Waals surface area contributed by atoms with Crippen molar-refractivity contribution in [3.8, 4) is 39.4 Å². The van der Waals surface area contributed by atoms with Crippen molar-refractivity contribution < 1.29 is 13.9 Å². The first kappa shape index (κ1) is 26.8. The summed E-state index contributed by atoms with van der Waals surface area (Å²) in [7, 11) is 1.52. The van der Waals surface area contributed by atoms with Gasteiger partial charge in [-0.05, 0) is 91.0 Å². The van der Waals surface area contributed by atoms with Crippen LogP contribution in [0.3, 0.4) is 0 Å². The molecule has 4 aromatic heterocycles. The van der Waals surface area contributed by atoms with Gasteiger partial charge in [-0.1, -0.05) is 6.07 Å². The topological polar surface area (TPSA) is 121 Å². The molecule has 43 heavy (non-hydrogen) atoms. The van der Waals surface area contributed by atoms with Gasteiger partial charge >= 0.3 is 0 Å². The number of methoxy groups -OCH3 is 1. The van der Waals surface area contributed by atoms with Gasteiger partial charge in [-0.25, -0.2) is 9.37 Å². The highest BCUT2D eigenvalue weighted by Gasteiger charge is 2.18. The number of piperidine rings is 1. The fraction of sp³-hybridized carbons (Fsp3) is 0.212. The molecule has 0 atom stereocenters. The summed E-state index contributed by atoms with van der Waals surface area (Å²) >= 11 is 0. The van der Waals surface area contributed by atoms with E-state index in [2.05, 4.69) is 41.8 Å². The van der Waals surface area contributed by atoms with E-state index in [9.17, 15) is 9.18 Å². The Bertz CT molecular complexity index is 1960. The van der Waals surface area contributed by atoms with Gasteiger partial charge < -0.3 is 20.4 Å². The zero-order chi connectivity index (χ0) is 29.3. The van der Waals surface area contributed by atoms with E-state index in [1.165, 1.54) is 19.2 Å². The van der Waals surface area contributed by atoms with Crippen molar-refractivity contribution in [3.63, 3.8) is 0 Å². The van der Waals surface area contributed by atoms with Crippen molar-refractivity contribution in [2.45, 2.75) is 19.3 Å². The molecule has 5 heterocycles. The molecule has 9 nitrogen and oxygen atoms in total. The van der Waals surface area contributed by atoms with Crippen molar-refractivity contribution in [3.05, 3.63) is 79.0 Å². The molecule has 7 rings (SSSR count). The quantitative estimate of drug-likeness (QED) is 0.177. The Morgan fingerprint density at radius 2 is 1.88 bits per heavy atom. The predicted molar refractivity (Wildman–Crippen MR) is 165 cm³/mol. The maximum absolute atomic E-state index is 14.3. The first-order valence-electron chi connectivity index (χ1n) is 14.3. The minimum Gasteiger partial charge on any atom is -0.497 e. The van der Waals surface area contributed by atoms with Crippen LogP contribution in [0.25, 0.3) is 55.6 Å². The minimum atomic E-state index is -0.374. The van der Waals surface area contributed by atoms with Gasteiger partial charge in [0.15, 0.2) is 0 Å². The number of rotatable bonds is 7. The first-order valence-corrected chi connectivity index (χ1v) is 14.3. The third-order valence-corrected chi connectivity index (χ3v) is 8.06. The van der Waals surface area contributed by atoms with E-state index in [-0.39, 0.29) is 11.7 Å². The molecule has 216 valence electrons. The second kappa shape index (κ2) is 11.3. The SMILES string of the molecule is COc1cc(F)cc(-c2ccnc3[nH]c(-c4n[nH]c5ccc(-c6cncc(NC(=O)CC7CCNCC7)c6)cc45)cc23)c1. The molecule has 0 bridgehead atoms. The van der Waals surface area contributed by atoms with E-state index in [4.69, 9.17) is 4.74 Å². The molecular formula is C33H30FN7O2. The lowest BCUT2D eigenvalue weighted by Crippen LogP contribution is -2.30. The summed E-state index contributed by atoms with van der Waals surface area (Å²) in [4.78, 5) is 25.0. The molecule has 0 aliphatic carbocycles. The second-order valence-electron chi connectivity index (χ2n) is 10.9. The highest BCUT2D eigenvalue weighted by molar-refractivity contribution is 6.01. The number of fused-ring (bicyclic) bond motifs is 2. The van der Waals surface area contributed by atoms with Crippen molar-refractivity contribution in [2.24, 2.45) is 5.92 Å². The van der Waals surface area contributed by atoms with Crippen LogP contribution in [0.1, 0.15) is 19.3 Å². The predicted octanol–water partition coefficient (Wildman–Crippen LogP) is 6.31. The van der Waals surface area contributed by atoms with E-state index >= 15 is 0 Å². The van der Waals surface area contributed by atoms with Gasteiger partial charge in [-0.3, -0.25) is 14.9 Å². The molecule has 4 N–H and O–H groups in total. The number of anilines is 1. The number of aromatic nitrogens is 5. The Hall–Kier alpha value is -5.09. The van der Waals surface area contributed by atoms with Crippen LogP contribution in [0.15, 0.2) is 73.2 Å². The minimum absolute atomic E-state index is 0.0156. The molecule has 0 radical (unpaired) electrons. The largest absolute Gasteiger partial charge is 0.497 e. The van der Waals surface area contributed by atoms with Gasteiger partial charge in [0, 0.05) is 41.2 Å². The third-order valence-electron chi connectivity index (χ3n) is 8.06. The Morgan fingerprint density at radius 1 is 1.00 bits per heavy atom. The molecule has 0 saturated carbocycles. The fourth-order valence-electron chi connectivity index (χ4n) is 5.87. The number of nitrogens with zero attached hydrogens (tertiary/aromatic N) is 3. The number of benzene rings is 2. The number of amides is 1. The molecule has 0 unspecified atom stereocenters. The highest BCUT2D eigenvalue weighted by atomic mass is 19.1. The third kappa shape index (κ3) is 5.44. The molecule has 1 fully saturated rings. The average molecular weight is 576 g/mol. The maximum atomic E-state index is 14.3. The van der Waals surface area contributed by atoms with Crippen molar-refractivity contribution in [2.75, 3.05) is 25.5 Å². The van der Waals surface area contributed by atoms with E-state index in [0.717, 1.165) is 70.3 Å². The zero-order valence-corrected chi connectivity index (χ0v) is 23.6. The lowest BCUT2D eigenvalue weighted by atomic mass is 9.94.